The summed E-state index contributed by atoms with van der Waals surface area (Å²) in [5, 5.41) is 16.9. The zero-order chi connectivity index (χ0) is 16.7. The van der Waals surface area contributed by atoms with Gasteiger partial charge in [0, 0.05) is 36.9 Å². The van der Waals surface area contributed by atoms with Gasteiger partial charge in [0.05, 0.1) is 5.92 Å². The van der Waals surface area contributed by atoms with Crippen molar-refractivity contribution in [2.24, 2.45) is 17.8 Å². The van der Waals surface area contributed by atoms with Gasteiger partial charge >= 0.3 is 5.97 Å². The molecule has 4 rings (SSSR count). The molecule has 8 heteroatoms. The first-order valence-electron chi connectivity index (χ1n) is 7.99. The van der Waals surface area contributed by atoms with E-state index in [0.717, 1.165) is 12.0 Å². The highest BCUT2D eigenvalue weighted by molar-refractivity contribution is 7.08. The first-order valence-corrected chi connectivity index (χ1v) is 8.93. The summed E-state index contributed by atoms with van der Waals surface area (Å²) in [5.41, 5.74) is 0.914. The van der Waals surface area contributed by atoms with Crippen molar-refractivity contribution in [3.8, 4) is 11.4 Å². The highest BCUT2D eigenvalue weighted by Gasteiger charge is 2.57. The normalized spacial score (nSPS) is 25.3. The number of piperidine rings is 1. The molecular formula is C16H17N3O4S. The molecule has 0 bridgehead atoms. The molecule has 0 unspecified atom stereocenters. The Kier molecular flexibility index (Phi) is 3.84. The molecule has 1 N–H and O–H groups in total. The molecule has 2 aromatic rings. The fourth-order valence-corrected chi connectivity index (χ4v) is 4.20. The molecule has 0 radical (unpaired) electrons. The molecule has 1 saturated carbocycles. The zero-order valence-electron chi connectivity index (χ0n) is 12.9. The smallest absolute Gasteiger partial charge is 0.307 e. The second-order valence-corrected chi connectivity index (χ2v) is 7.12. The number of amides is 1. The van der Waals surface area contributed by atoms with E-state index in [-0.39, 0.29) is 23.7 Å². The first kappa shape index (κ1) is 15.3. The van der Waals surface area contributed by atoms with Gasteiger partial charge in [-0.25, -0.2) is 0 Å². The largest absolute Gasteiger partial charge is 0.481 e. The van der Waals surface area contributed by atoms with E-state index in [2.05, 4.69) is 10.1 Å². The van der Waals surface area contributed by atoms with E-state index < -0.39 is 5.97 Å². The predicted octanol–water partition coefficient (Wildman–Crippen LogP) is 1.91. The predicted molar refractivity (Wildman–Crippen MR) is 85.2 cm³/mol. The Morgan fingerprint density at radius 2 is 2.29 bits per heavy atom. The van der Waals surface area contributed by atoms with Crippen molar-refractivity contribution < 1.29 is 19.2 Å². The van der Waals surface area contributed by atoms with Gasteiger partial charge in [-0.1, -0.05) is 5.16 Å². The summed E-state index contributed by atoms with van der Waals surface area (Å²) in [5.74, 6) is 0.429. The molecular weight excluding hydrogens is 330 g/mol. The van der Waals surface area contributed by atoms with Gasteiger partial charge in [-0.3, -0.25) is 9.59 Å². The SMILES string of the molecule is O=C(O)[C@@H]1[C@@H]2CCN(C(=O)CCc3nc(-c4ccsc4)no3)C[C@@H]21. The van der Waals surface area contributed by atoms with E-state index >= 15 is 0 Å². The van der Waals surface area contributed by atoms with Crippen molar-refractivity contribution in [3.63, 3.8) is 0 Å². The van der Waals surface area contributed by atoms with E-state index in [0.29, 0.717) is 37.6 Å². The second-order valence-electron chi connectivity index (χ2n) is 6.34. The lowest BCUT2D eigenvalue weighted by molar-refractivity contribution is -0.139. The number of fused-ring (bicyclic) bond motifs is 1. The summed E-state index contributed by atoms with van der Waals surface area (Å²) in [6.07, 6.45) is 1.50. The lowest BCUT2D eigenvalue weighted by Crippen LogP contribution is -2.37. The first-order chi connectivity index (χ1) is 11.6. The van der Waals surface area contributed by atoms with Crippen LogP contribution in [0.3, 0.4) is 0 Å². The van der Waals surface area contributed by atoms with Gasteiger partial charge in [0.25, 0.3) is 0 Å². The Morgan fingerprint density at radius 1 is 1.42 bits per heavy atom. The van der Waals surface area contributed by atoms with Gasteiger partial charge in [0.15, 0.2) is 0 Å². The standard InChI is InChI=1S/C16H17N3O4S/c20-13(19-5-3-10-11(7-19)14(10)16(21)22)2-1-12-17-15(18-23-12)9-4-6-24-8-9/h4,6,8,10-11,14H,1-3,5,7H2,(H,21,22)/t10-,11+,14-/m1/s1. The lowest BCUT2D eigenvalue weighted by atomic mass is 10.1. The number of aromatic nitrogens is 2. The number of nitrogens with zero attached hydrogens (tertiary/aromatic N) is 3. The number of carbonyl (C=O) groups excluding carboxylic acids is 1. The van der Waals surface area contributed by atoms with Gasteiger partial charge in [-0.05, 0) is 29.7 Å². The lowest BCUT2D eigenvalue weighted by Gasteiger charge is -2.26. The number of hydrogen-bond acceptors (Lipinski definition) is 6. The summed E-state index contributed by atoms with van der Waals surface area (Å²) < 4.78 is 5.20. The molecule has 3 heterocycles. The van der Waals surface area contributed by atoms with E-state index in [4.69, 9.17) is 9.63 Å². The van der Waals surface area contributed by atoms with Gasteiger partial charge in [-0.15, -0.1) is 0 Å². The van der Waals surface area contributed by atoms with Crippen molar-refractivity contribution in [1.29, 1.82) is 0 Å². The minimum Gasteiger partial charge on any atom is -0.481 e. The highest BCUT2D eigenvalue weighted by atomic mass is 32.1. The maximum atomic E-state index is 12.3. The van der Waals surface area contributed by atoms with Gasteiger partial charge in [-0.2, -0.15) is 16.3 Å². The molecule has 7 nitrogen and oxygen atoms in total. The molecule has 3 atom stereocenters. The quantitative estimate of drug-likeness (QED) is 0.887. The number of rotatable bonds is 5. The number of aryl methyl sites for hydroxylation is 1. The van der Waals surface area contributed by atoms with Crippen molar-refractivity contribution in [1.82, 2.24) is 15.0 Å². The number of hydrogen-bond donors (Lipinski definition) is 1. The van der Waals surface area contributed by atoms with Gasteiger partial charge in [0.2, 0.25) is 17.6 Å². The van der Waals surface area contributed by atoms with Crippen LogP contribution in [0.5, 0.6) is 0 Å². The molecule has 2 aliphatic rings. The van der Waals surface area contributed by atoms with Crippen molar-refractivity contribution >= 4 is 23.2 Å². The number of likely N-dealkylation sites (tertiary alicyclic amines) is 1. The topological polar surface area (TPSA) is 96.5 Å². The molecule has 126 valence electrons. The number of carboxylic acids is 1. The van der Waals surface area contributed by atoms with Crippen LogP contribution in [0.4, 0.5) is 0 Å². The molecule has 0 aromatic carbocycles. The van der Waals surface area contributed by atoms with Crippen molar-refractivity contribution in [2.75, 3.05) is 13.1 Å². The minimum absolute atomic E-state index is 0.0276. The van der Waals surface area contributed by atoms with Crippen LogP contribution < -0.4 is 0 Å². The van der Waals surface area contributed by atoms with E-state index in [9.17, 15) is 9.59 Å². The average molecular weight is 347 g/mol. The molecule has 24 heavy (non-hydrogen) atoms. The maximum absolute atomic E-state index is 12.3. The van der Waals surface area contributed by atoms with Crippen molar-refractivity contribution in [3.05, 3.63) is 22.7 Å². The second kappa shape index (κ2) is 6.01. The third-order valence-corrected chi connectivity index (χ3v) is 5.62. The van der Waals surface area contributed by atoms with Crippen LogP contribution in [-0.4, -0.2) is 45.1 Å². The molecule has 2 aromatic heterocycles. The average Bonchev–Trinajstić information content (AvgIpc) is 2.95. The van der Waals surface area contributed by atoms with Gasteiger partial charge < -0.3 is 14.5 Å². The third kappa shape index (κ3) is 2.82. The summed E-state index contributed by atoms with van der Waals surface area (Å²) in [4.78, 5) is 29.5. The van der Waals surface area contributed by atoms with Crippen LogP contribution in [0.25, 0.3) is 11.4 Å². The minimum atomic E-state index is -0.730. The third-order valence-electron chi connectivity index (χ3n) is 4.93. The molecule has 2 fully saturated rings. The van der Waals surface area contributed by atoms with Crippen LogP contribution >= 0.6 is 11.3 Å². The van der Waals surface area contributed by atoms with Gasteiger partial charge in [0.1, 0.15) is 0 Å². The number of aliphatic carboxylic acids is 1. The fourth-order valence-electron chi connectivity index (χ4n) is 3.57. The van der Waals surface area contributed by atoms with Crippen LogP contribution in [0.2, 0.25) is 0 Å². The Morgan fingerprint density at radius 3 is 3.04 bits per heavy atom. The van der Waals surface area contributed by atoms with Crippen LogP contribution in [0.15, 0.2) is 21.3 Å². The number of carbonyl (C=O) groups is 2. The molecule has 1 amide bonds. The van der Waals surface area contributed by atoms with E-state index in [1.807, 2.05) is 16.8 Å². The monoisotopic (exact) mass is 347 g/mol. The molecule has 1 aliphatic heterocycles. The highest BCUT2D eigenvalue weighted by Crippen LogP contribution is 2.51. The molecule has 1 aliphatic carbocycles. The Labute approximate surface area is 142 Å². The van der Waals surface area contributed by atoms with E-state index in [1.165, 1.54) is 0 Å². The Hall–Kier alpha value is -2.22. The fraction of sp³-hybridized carbons (Fsp3) is 0.500. The van der Waals surface area contributed by atoms with Crippen LogP contribution in [-0.2, 0) is 16.0 Å². The maximum Gasteiger partial charge on any atom is 0.307 e. The Balaban J connectivity index is 1.30. The summed E-state index contributed by atoms with van der Waals surface area (Å²) in [6.45, 7) is 1.21. The van der Waals surface area contributed by atoms with E-state index in [1.54, 1.807) is 16.2 Å². The number of thiophene rings is 1. The summed E-state index contributed by atoms with van der Waals surface area (Å²) in [7, 11) is 0. The van der Waals surface area contributed by atoms with Crippen LogP contribution in [0, 0.1) is 17.8 Å². The van der Waals surface area contributed by atoms with Crippen molar-refractivity contribution in [2.45, 2.75) is 19.3 Å². The summed E-state index contributed by atoms with van der Waals surface area (Å²) in [6, 6.07) is 1.92. The van der Waals surface area contributed by atoms with Crippen LogP contribution in [0.1, 0.15) is 18.7 Å². The summed E-state index contributed by atoms with van der Waals surface area (Å²) >= 11 is 1.56. The zero-order valence-corrected chi connectivity index (χ0v) is 13.7. The Bertz CT molecular complexity index is 757. The molecule has 0 spiro atoms. The number of carboxylic acid groups (broad SMARTS) is 1. The molecule has 1 saturated heterocycles.